The van der Waals surface area contributed by atoms with E-state index in [9.17, 15) is 9.59 Å². The van der Waals surface area contributed by atoms with Gasteiger partial charge in [0.25, 0.3) is 5.91 Å². The zero-order valence-electron chi connectivity index (χ0n) is 20.0. The van der Waals surface area contributed by atoms with Crippen molar-refractivity contribution in [1.82, 2.24) is 15.6 Å². The summed E-state index contributed by atoms with van der Waals surface area (Å²) in [5.74, 6) is 1.09. The minimum absolute atomic E-state index is 0.0301. The largest absolute Gasteiger partial charge is 0.352 e. The van der Waals surface area contributed by atoms with Crippen LogP contribution in [0.15, 0.2) is 42.6 Å². The molecule has 7 heteroatoms. The van der Waals surface area contributed by atoms with Crippen molar-refractivity contribution < 1.29 is 9.59 Å². The van der Waals surface area contributed by atoms with Crippen LogP contribution in [-0.4, -0.2) is 41.0 Å². The first-order valence-electron chi connectivity index (χ1n) is 13.1. The molecule has 35 heavy (non-hydrogen) atoms. The summed E-state index contributed by atoms with van der Waals surface area (Å²) < 4.78 is 0. The summed E-state index contributed by atoms with van der Waals surface area (Å²) in [7, 11) is 0. The minimum atomic E-state index is -0.431. The molecule has 3 atom stereocenters. The normalized spacial score (nSPS) is 27.0. The Morgan fingerprint density at radius 2 is 1.57 bits per heavy atom. The molecule has 1 aromatic heterocycles. The number of carbonyl (C=O) groups is 2. The third-order valence-corrected chi connectivity index (χ3v) is 8.80. The summed E-state index contributed by atoms with van der Waals surface area (Å²) in [6.07, 6.45) is 11.9. The molecule has 2 aromatic rings. The third kappa shape index (κ3) is 4.42. The highest BCUT2D eigenvalue weighted by molar-refractivity contribution is 6.30. The molecule has 2 aliphatic heterocycles. The van der Waals surface area contributed by atoms with Crippen LogP contribution in [-0.2, 0) is 10.2 Å². The number of rotatable bonds is 6. The number of fused-ring (bicyclic) bond motifs is 2. The highest BCUT2D eigenvalue weighted by Crippen LogP contribution is 2.43. The summed E-state index contributed by atoms with van der Waals surface area (Å²) in [5.41, 5.74) is 1.28. The number of piperidine rings is 1. The monoisotopic (exact) mass is 492 g/mol. The Balaban J connectivity index is 1.13. The van der Waals surface area contributed by atoms with Crippen molar-refractivity contribution in [3.8, 4) is 0 Å². The highest BCUT2D eigenvalue weighted by Gasteiger charge is 2.46. The van der Waals surface area contributed by atoms with Crippen molar-refractivity contribution in [3.05, 3.63) is 58.7 Å². The number of aromatic nitrogens is 1. The lowest BCUT2D eigenvalue weighted by Gasteiger charge is -2.41. The van der Waals surface area contributed by atoms with Gasteiger partial charge in [-0.3, -0.25) is 9.59 Å². The Bertz CT molecular complexity index is 1080. The van der Waals surface area contributed by atoms with E-state index in [-0.39, 0.29) is 17.9 Å². The molecule has 3 heterocycles. The Hall–Kier alpha value is -2.60. The molecule has 2 saturated carbocycles. The smallest absolute Gasteiger partial charge is 0.253 e. The van der Waals surface area contributed by atoms with Gasteiger partial charge in [-0.05, 0) is 81.2 Å². The Labute approximate surface area is 211 Å². The zero-order chi connectivity index (χ0) is 24.0. The molecule has 1 unspecified atom stereocenters. The van der Waals surface area contributed by atoms with Gasteiger partial charge >= 0.3 is 0 Å². The van der Waals surface area contributed by atoms with E-state index in [4.69, 9.17) is 11.6 Å². The minimum Gasteiger partial charge on any atom is -0.352 e. The van der Waals surface area contributed by atoms with Crippen LogP contribution in [0, 0.1) is 0 Å². The fourth-order valence-corrected chi connectivity index (χ4v) is 6.68. The summed E-state index contributed by atoms with van der Waals surface area (Å²) in [6.45, 7) is 0. The van der Waals surface area contributed by atoms with Gasteiger partial charge in [-0.1, -0.05) is 36.6 Å². The molecule has 2 amide bonds. The van der Waals surface area contributed by atoms with Gasteiger partial charge in [0, 0.05) is 35.4 Å². The first kappa shape index (κ1) is 22.8. The predicted molar refractivity (Wildman–Crippen MR) is 137 cm³/mol. The number of pyridine rings is 1. The first-order valence-corrected chi connectivity index (χ1v) is 13.5. The molecular formula is C28H33ClN4O2. The highest BCUT2D eigenvalue weighted by atomic mass is 35.5. The fourth-order valence-electron chi connectivity index (χ4n) is 6.56. The molecule has 4 aliphatic rings. The van der Waals surface area contributed by atoms with Gasteiger partial charge in [-0.25, -0.2) is 4.98 Å². The molecule has 0 radical (unpaired) electrons. The second-order valence-corrected chi connectivity index (χ2v) is 11.3. The number of halogens is 1. The number of hydrogen-bond acceptors (Lipinski definition) is 4. The van der Waals surface area contributed by atoms with Gasteiger partial charge in [-0.2, -0.15) is 0 Å². The lowest BCUT2D eigenvalue weighted by atomic mass is 9.77. The second kappa shape index (κ2) is 9.12. The fraction of sp³-hybridized carbons (Fsp3) is 0.536. The lowest BCUT2D eigenvalue weighted by molar-refractivity contribution is -0.127. The number of anilines is 1. The van der Waals surface area contributed by atoms with Crippen molar-refractivity contribution in [2.75, 3.05) is 4.90 Å². The van der Waals surface area contributed by atoms with Crippen molar-refractivity contribution >= 4 is 29.2 Å². The van der Waals surface area contributed by atoms with Gasteiger partial charge < -0.3 is 15.5 Å². The molecule has 0 spiro atoms. The summed E-state index contributed by atoms with van der Waals surface area (Å²) in [4.78, 5) is 33.1. The molecular weight excluding hydrogens is 460 g/mol. The lowest BCUT2D eigenvalue weighted by Crippen LogP contribution is -2.54. The van der Waals surface area contributed by atoms with E-state index in [0.717, 1.165) is 75.6 Å². The maximum atomic E-state index is 13.7. The number of nitrogens with zero attached hydrogens (tertiary/aromatic N) is 2. The number of carbonyl (C=O) groups excluding carboxylic acids is 2. The van der Waals surface area contributed by atoms with E-state index >= 15 is 0 Å². The van der Waals surface area contributed by atoms with Crippen molar-refractivity contribution in [3.63, 3.8) is 0 Å². The van der Waals surface area contributed by atoms with E-state index in [0.29, 0.717) is 28.7 Å². The molecule has 2 bridgehead atoms. The molecule has 4 fully saturated rings. The second-order valence-electron chi connectivity index (χ2n) is 10.9. The van der Waals surface area contributed by atoms with Crippen molar-refractivity contribution in [2.45, 2.75) is 93.8 Å². The summed E-state index contributed by atoms with van der Waals surface area (Å²) >= 11 is 6.12. The Morgan fingerprint density at radius 3 is 2.17 bits per heavy atom. The average molecular weight is 493 g/mol. The SMILES string of the molecule is O=C(NC1CC1)c1ccc(N2[C@@H]3CC[C@H]2CC(NC(=O)C2(c4ccc(Cl)cc4)CCCC2)C3)nc1. The van der Waals surface area contributed by atoms with Gasteiger partial charge in [0.15, 0.2) is 0 Å². The van der Waals surface area contributed by atoms with Crippen LogP contribution in [0.4, 0.5) is 5.82 Å². The van der Waals surface area contributed by atoms with E-state index in [1.165, 1.54) is 0 Å². The molecule has 1 aromatic carbocycles. The Kier molecular flexibility index (Phi) is 5.95. The van der Waals surface area contributed by atoms with Gasteiger partial charge in [0.05, 0.1) is 11.0 Å². The number of benzene rings is 1. The van der Waals surface area contributed by atoms with Crippen molar-refractivity contribution in [2.24, 2.45) is 0 Å². The predicted octanol–water partition coefficient (Wildman–Crippen LogP) is 4.76. The molecule has 2 aliphatic carbocycles. The van der Waals surface area contributed by atoms with Crippen LogP contribution in [0.3, 0.4) is 0 Å². The Morgan fingerprint density at radius 1 is 0.886 bits per heavy atom. The van der Waals surface area contributed by atoms with Crippen LogP contribution >= 0.6 is 11.6 Å². The summed E-state index contributed by atoms with van der Waals surface area (Å²) in [6, 6.07) is 13.0. The zero-order valence-corrected chi connectivity index (χ0v) is 20.8. The quantitative estimate of drug-likeness (QED) is 0.610. The molecule has 6 rings (SSSR count). The van der Waals surface area contributed by atoms with E-state index in [1.807, 2.05) is 36.4 Å². The number of amides is 2. The van der Waals surface area contributed by atoms with Crippen LogP contribution in [0.2, 0.25) is 5.02 Å². The van der Waals surface area contributed by atoms with E-state index in [2.05, 4.69) is 20.5 Å². The standard InChI is InChI=1S/C28H33ClN4O2/c29-20-6-4-19(5-7-20)28(13-1-2-14-28)27(35)32-22-15-23-10-11-24(16-22)33(23)25-12-3-18(17-30-25)26(34)31-21-8-9-21/h3-7,12,17,21-24H,1-2,8-11,13-16H2,(H,31,34)(H,32,35)/t22?,23-,24+. The van der Waals surface area contributed by atoms with Gasteiger partial charge in [-0.15, -0.1) is 0 Å². The molecule has 2 N–H and O–H groups in total. The molecule has 6 nitrogen and oxygen atoms in total. The average Bonchev–Trinajstić information content (AvgIpc) is 3.45. The van der Waals surface area contributed by atoms with Crippen LogP contribution in [0.5, 0.6) is 0 Å². The van der Waals surface area contributed by atoms with E-state index in [1.54, 1.807) is 6.20 Å². The van der Waals surface area contributed by atoms with Crippen LogP contribution in [0.25, 0.3) is 0 Å². The van der Waals surface area contributed by atoms with Gasteiger partial charge in [0.1, 0.15) is 5.82 Å². The topological polar surface area (TPSA) is 74.3 Å². The first-order chi connectivity index (χ1) is 17.0. The van der Waals surface area contributed by atoms with Gasteiger partial charge in [0.2, 0.25) is 5.91 Å². The molecule has 2 saturated heterocycles. The van der Waals surface area contributed by atoms with Crippen molar-refractivity contribution in [1.29, 1.82) is 0 Å². The summed E-state index contributed by atoms with van der Waals surface area (Å²) in [5, 5.41) is 7.19. The third-order valence-electron chi connectivity index (χ3n) is 8.54. The number of nitrogens with one attached hydrogen (secondary N) is 2. The maximum Gasteiger partial charge on any atom is 0.253 e. The van der Waals surface area contributed by atoms with Crippen LogP contribution in [0.1, 0.15) is 80.1 Å². The number of hydrogen-bond donors (Lipinski definition) is 2. The van der Waals surface area contributed by atoms with E-state index < -0.39 is 5.41 Å². The van der Waals surface area contributed by atoms with Crippen LogP contribution < -0.4 is 15.5 Å². The maximum absolute atomic E-state index is 13.7. The molecule has 184 valence electrons.